The molecule has 2 rings (SSSR count). The molecule has 0 spiro atoms. The fraction of sp³-hybridized carbons (Fsp3) is 0.0833. The van der Waals surface area contributed by atoms with Gasteiger partial charge in [-0.15, -0.1) is 0 Å². The smallest absolute Gasteiger partial charge is 0.358 e. The van der Waals surface area contributed by atoms with Crippen LogP contribution in [0.1, 0.15) is 16.1 Å². The number of carbonyl (C=O) groups is 1. The molecule has 0 atom stereocenters. The van der Waals surface area contributed by atoms with Gasteiger partial charge < -0.3 is 16.2 Å². The molecule has 0 bridgehead atoms. The maximum atomic E-state index is 10.8. The molecule has 0 unspecified atom stereocenters. The van der Waals surface area contributed by atoms with Gasteiger partial charge in [-0.3, -0.25) is 0 Å². The van der Waals surface area contributed by atoms with E-state index in [0.29, 0.717) is 17.0 Å². The lowest BCUT2D eigenvalue weighted by Gasteiger charge is -2.09. The van der Waals surface area contributed by atoms with Crippen molar-refractivity contribution in [2.24, 2.45) is 0 Å². The van der Waals surface area contributed by atoms with Crippen molar-refractivity contribution in [3.05, 3.63) is 46.2 Å². The van der Waals surface area contributed by atoms with Gasteiger partial charge in [0, 0.05) is 6.54 Å². The van der Waals surface area contributed by atoms with Crippen LogP contribution in [0.5, 0.6) is 0 Å². The van der Waals surface area contributed by atoms with E-state index in [2.05, 4.69) is 31.2 Å². The highest BCUT2D eigenvalue weighted by Crippen LogP contribution is 2.21. The lowest BCUT2D eigenvalue weighted by Crippen LogP contribution is -2.11. The van der Waals surface area contributed by atoms with E-state index in [4.69, 9.17) is 10.8 Å². The van der Waals surface area contributed by atoms with Crippen molar-refractivity contribution >= 4 is 33.5 Å². The van der Waals surface area contributed by atoms with Crippen LogP contribution in [0, 0.1) is 0 Å². The van der Waals surface area contributed by atoms with Gasteiger partial charge in [0.1, 0.15) is 4.60 Å². The molecule has 7 heteroatoms. The molecule has 0 aliphatic rings. The molecule has 0 radical (unpaired) electrons. The number of aromatic nitrogens is 2. The fourth-order valence-electron chi connectivity index (χ4n) is 1.48. The topological polar surface area (TPSA) is 101 Å². The summed E-state index contributed by atoms with van der Waals surface area (Å²) in [5, 5.41) is 11.9. The van der Waals surface area contributed by atoms with E-state index in [1.54, 1.807) is 0 Å². The Labute approximate surface area is 117 Å². The lowest BCUT2D eigenvalue weighted by molar-refractivity contribution is 0.0691. The summed E-state index contributed by atoms with van der Waals surface area (Å²) in [6.45, 7) is 0.542. The average Bonchev–Trinajstić information content (AvgIpc) is 2.40. The second-order valence-electron chi connectivity index (χ2n) is 3.74. The Kier molecular flexibility index (Phi) is 3.96. The van der Waals surface area contributed by atoms with E-state index in [1.807, 2.05) is 30.3 Å². The Morgan fingerprint density at radius 3 is 2.63 bits per heavy atom. The third-order valence-electron chi connectivity index (χ3n) is 2.39. The van der Waals surface area contributed by atoms with Gasteiger partial charge >= 0.3 is 5.97 Å². The second kappa shape index (κ2) is 5.66. The third kappa shape index (κ3) is 3.19. The third-order valence-corrected chi connectivity index (χ3v) is 2.94. The van der Waals surface area contributed by atoms with E-state index in [-0.39, 0.29) is 11.5 Å². The first-order valence-corrected chi connectivity index (χ1v) is 6.21. The first kappa shape index (κ1) is 13.3. The number of nitrogens with zero attached hydrogens (tertiary/aromatic N) is 2. The summed E-state index contributed by atoms with van der Waals surface area (Å²) in [4.78, 5) is 18.7. The molecule has 4 N–H and O–H groups in total. The summed E-state index contributed by atoms with van der Waals surface area (Å²) >= 11 is 3.17. The lowest BCUT2D eigenvalue weighted by atomic mass is 10.2. The number of nitrogens with two attached hydrogens (primary N) is 1. The van der Waals surface area contributed by atoms with Crippen molar-refractivity contribution < 1.29 is 9.90 Å². The Morgan fingerprint density at radius 1 is 1.32 bits per heavy atom. The molecule has 1 heterocycles. The summed E-state index contributed by atoms with van der Waals surface area (Å²) in [7, 11) is 0. The molecule has 0 amide bonds. The number of aromatic carboxylic acids is 1. The number of carboxylic acid groups (broad SMARTS) is 1. The molecule has 0 saturated carbocycles. The minimum absolute atomic E-state index is 0.119. The van der Waals surface area contributed by atoms with Crippen LogP contribution in [-0.2, 0) is 6.54 Å². The second-order valence-corrected chi connectivity index (χ2v) is 4.49. The number of nitrogens with one attached hydrogen (secondary N) is 1. The van der Waals surface area contributed by atoms with E-state index in [9.17, 15) is 4.79 Å². The molecule has 0 aliphatic carbocycles. The van der Waals surface area contributed by atoms with Crippen molar-refractivity contribution in [1.82, 2.24) is 9.97 Å². The van der Waals surface area contributed by atoms with E-state index < -0.39 is 5.97 Å². The van der Waals surface area contributed by atoms with Gasteiger partial charge in [-0.1, -0.05) is 30.3 Å². The summed E-state index contributed by atoms with van der Waals surface area (Å²) in [5.41, 5.74) is 6.35. The minimum Gasteiger partial charge on any atom is -0.476 e. The van der Waals surface area contributed by atoms with Crippen molar-refractivity contribution in [2.45, 2.75) is 6.54 Å². The number of benzene rings is 1. The zero-order chi connectivity index (χ0) is 13.8. The van der Waals surface area contributed by atoms with Crippen LogP contribution in [0.4, 0.5) is 11.6 Å². The highest BCUT2D eigenvalue weighted by Gasteiger charge is 2.15. The quantitative estimate of drug-likeness (QED) is 0.797. The van der Waals surface area contributed by atoms with Crippen molar-refractivity contribution in [3.8, 4) is 0 Å². The zero-order valence-electron chi connectivity index (χ0n) is 9.80. The van der Waals surface area contributed by atoms with Crippen LogP contribution in [0.15, 0.2) is 34.9 Å². The highest BCUT2D eigenvalue weighted by molar-refractivity contribution is 9.10. The standard InChI is InChI=1S/C12H11BrN4O2/c13-9-11(15-6-7-4-2-1-3-5-7)17-10(14)8(16-9)12(18)19/h1-5H,6H2,(H,18,19)(H3,14,15,17). The zero-order valence-corrected chi connectivity index (χ0v) is 11.4. The van der Waals surface area contributed by atoms with Crippen LogP contribution >= 0.6 is 15.9 Å². The molecular formula is C12H11BrN4O2. The highest BCUT2D eigenvalue weighted by atomic mass is 79.9. The number of anilines is 2. The fourth-order valence-corrected chi connectivity index (χ4v) is 1.89. The number of hydrogen-bond donors (Lipinski definition) is 3. The first-order chi connectivity index (χ1) is 9.08. The van der Waals surface area contributed by atoms with Gasteiger partial charge in [-0.2, -0.15) is 0 Å². The van der Waals surface area contributed by atoms with E-state index >= 15 is 0 Å². The number of nitrogen functional groups attached to an aromatic ring is 1. The Balaban J connectivity index is 2.17. The average molecular weight is 323 g/mol. The van der Waals surface area contributed by atoms with Gasteiger partial charge in [0.25, 0.3) is 0 Å². The molecule has 0 saturated heterocycles. The van der Waals surface area contributed by atoms with Crippen LogP contribution in [0.25, 0.3) is 0 Å². The Hall–Kier alpha value is -2.15. The molecule has 1 aromatic carbocycles. The van der Waals surface area contributed by atoms with Crippen molar-refractivity contribution in [2.75, 3.05) is 11.1 Å². The summed E-state index contributed by atoms with van der Waals surface area (Å²) in [5.74, 6) is -0.919. The van der Waals surface area contributed by atoms with Crippen molar-refractivity contribution in [1.29, 1.82) is 0 Å². The predicted molar refractivity (Wildman–Crippen MR) is 74.9 cm³/mol. The van der Waals surface area contributed by atoms with E-state index in [0.717, 1.165) is 5.56 Å². The normalized spacial score (nSPS) is 10.2. The van der Waals surface area contributed by atoms with Crippen LogP contribution in [-0.4, -0.2) is 21.0 Å². The maximum absolute atomic E-state index is 10.8. The number of carboxylic acids is 1. The monoisotopic (exact) mass is 322 g/mol. The minimum atomic E-state index is -1.21. The SMILES string of the molecule is Nc1nc(NCc2ccccc2)c(Br)nc1C(=O)O. The number of hydrogen-bond acceptors (Lipinski definition) is 5. The number of rotatable bonds is 4. The van der Waals surface area contributed by atoms with Gasteiger partial charge in [-0.05, 0) is 21.5 Å². The molecule has 19 heavy (non-hydrogen) atoms. The van der Waals surface area contributed by atoms with E-state index in [1.165, 1.54) is 0 Å². The molecule has 0 aliphatic heterocycles. The molecule has 2 aromatic rings. The molecule has 1 aromatic heterocycles. The molecule has 6 nitrogen and oxygen atoms in total. The summed E-state index contributed by atoms with van der Waals surface area (Å²) < 4.78 is 0.315. The number of halogens is 1. The first-order valence-electron chi connectivity index (χ1n) is 5.42. The molecular weight excluding hydrogens is 312 g/mol. The van der Waals surface area contributed by atoms with Gasteiger partial charge in [0.2, 0.25) is 0 Å². The largest absolute Gasteiger partial charge is 0.476 e. The Morgan fingerprint density at radius 2 is 2.00 bits per heavy atom. The van der Waals surface area contributed by atoms with Crippen LogP contribution in [0.3, 0.4) is 0 Å². The summed E-state index contributed by atoms with van der Waals surface area (Å²) in [6.07, 6.45) is 0. The Bertz CT molecular complexity index is 604. The van der Waals surface area contributed by atoms with Crippen LogP contribution in [0.2, 0.25) is 0 Å². The molecule has 0 fully saturated rings. The molecule has 98 valence electrons. The summed E-state index contributed by atoms with van der Waals surface area (Å²) in [6, 6.07) is 9.71. The van der Waals surface area contributed by atoms with Gasteiger partial charge in [0.15, 0.2) is 17.3 Å². The maximum Gasteiger partial charge on any atom is 0.358 e. The van der Waals surface area contributed by atoms with Crippen LogP contribution < -0.4 is 11.1 Å². The van der Waals surface area contributed by atoms with Gasteiger partial charge in [0.05, 0.1) is 0 Å². The van der Waals surface area contributed by atoms with Gasteiger partial charge in [-0.25, -0.2) is 14.8 Å². The van der Waals surface area contributed by atoms with Crippen molar-refractivity contribution in [3.63, 3.8) is 0 Å². The predicted octanol–water partition coefficient (Wildman–Crippen LogP) is 2.13.